The zero-order chi connectivity index (χ0) is 13.2. The Morgan fingerprint density at radius 2 is 2.11 bits per heavy atom. The van der Waals surface area contributed by atoms with E-state index in [-0.39, 0.29) is 6.61 Å². The first-order valence-corrected chi connectivity index (χ1v) is 7.48. The van der Waals surface area contributed by atoms with Crippen molar-refractivity contribution in [1.29, 1.82) is 0 Å². The molecular weight excluding hydrogens is 256 g/mol. The molecule has 1 aliphatic heterocycles. The van der Waals surface area contributed by atoms with Gasteiger partial charge in [-0.05, 0) is 30.9 Å². The molecule has 0 fully saturated rings. The third-order valence-corrected chi connectivity index (χ3v) is 4.85. The van der Waals surface area contributed by atoms with Crippen molar-refractivity contribution in [3.05, 3.63) is 46.0 Å². The number of anilines is 1. The Morgan fingerprint density at radius 1 is 1.32 bits per heavy atom. The highest BCUT2D eigenvalue weighted by Crippen LogP contribution is 2.29. The number of aryl methyl sites for hydroxylation is 2. The molecule has 2 aromatic rings. The van der Waals surface area contributed by atoms with Gasteiger partial charge in [-0.15, -0.1) is 0 Å². The highest BCUT2D eigenvalue weighted by Gasteiger charge is 2.18. The molecule has 1 N–H and O–H groups in total. The van der Waals surface area contributed by atoms with E-state index in [4.69, 9.17) is 0 Å². The van der Waals surface area contributed by atoms with Gasteiger partial charge in [0.05, 0.1) is 17.2 Å². The molecule has 0 radical (unpaired) electrons. The van der Waals surface area contributed by atoms with Crippen LogP contribution in [0.25, 0.3) is 0 Å². The third kappa shape index (κ3) is 2.51. The van der Waals surface area contributed by atoms with Crippen molar-refractivity contribution in [2.75, 3.05) is 11.4 Å². The van der Waals surface area contributed by atoms with E-state index in [0.29, 0.717) is 0 Å². The standard InChI is InChI=1S/C15H18N2OS/c1-11-14(10-18)19-15(16-11)17-8-4-7-12-5-2-3-6-13(12)9-17/h2-3,5-6,18H,4,7-10H2,1H3. The zero-order valence-electron chi connectivity index (χ0n) is 11.1. The van der Waals surface area contributed by atoms with Crippen molar-refractivity contribution in [2.45, 2.75) is 32.9 Å². The van der Waals surface area contributed by atoms with Gasteiger partial charge in [0.15, 0.2) is 5.13 Å². The summed E-state index contributed by atoms with van der Waals surface area (Å²) in [6, 6.07) is 8.66. The number of benzene rings is 1. The number of aliphatic hydroxyl groups is 1. The summed E-state index contributed by atoms with van der Waals surface area (Å²) in [5.74, 6) is 0. The van der Waals surface area contributed by atoms with Crippen molar-refractivity contribution in [3.63, 3.8) is 0 Å². The molecule has 100 valence electrons. The summed E-state index contributed by atoms with van der Waals surface area (Å²) in [4.78, 5) is 7.92. The molecule has 0 aliphatic carbocycles. The Balaban J connectivity index is 1.89. The second-order valence-corrected chi connectivity index (χ2v) is 6.02. The number of thiazole rings is 1. The first kappa shape index (κ1) is 12.6. The van der Waals surface area contributed by atoms with Gasteiger partial charge in [-0.2, -0.15) is 0 Å². The average Bonchev–Trinajstić information content (AvgIpc) is 2.68. The lowest BCUT2D eigenvalue weighted by Gasteiger charge is -2.19. The number of aromatic nitrogens is 1. The van der Waals surface area contributed by atoms with E-state index in [1.165, 1.54) is 11.1 Å². The smallest absolute Gasteiger partial charge is 0.186 e. The fourth-order valence-electron chi connectivity index (χ4n) is 2.56. The Bertz CT molecular complexity index is 579. The molecule has 0 unspecified atom stereocenters. The number of rotatable bonds is 2. The van der Waals surface area contributed by atoms with Gasteiger partial charge in [-0.1, -0.05) is 35.6 Å². The predicted molar refractivity (Wildman–Crippen MR) is 78.6 cm³/mol. The van der Waals surface area contributed by atoms with Gasteiger partial charge in [0.1, 0.15) is 0 Å². The van der Waals surface area contributed by atoms with Crippen LogP contribution < -0.4 is 4.90 Å². The van der Waals surface area contributed by atoms with Crippen LogP contribution in [0.1, 0.15) is 28.1 Å². The van der Waals surface area contributed by atoms with Crippen molar-refractivity contribution in [3.8, 4) is 0 Å². The first-order chi connectivity index (χ1) is 9.28. The number of hydrogen-bond acceptors (Lipinski definition) is 4. The van der Waals surface area contributed by atoms with Crippen molar-refractivity contribution >= 4 is 16.5 Å². The first-order valence-electron chi connectivity index (χ1n) is 6.67. The second-order valence-electron chi connectivity index (χ2n) is 4.96. The average molecular weight is 274 g/mol. The lowest BCUT2D eigenvalue weighted by atomic mass is 10.0. The fraction of sp³-hybridized carbons (Fsp3) is 0.400. The maximum absolute atomic E-state index is 9.30. The summed E-state index contributed by atoms with van der Waals surface area (Å²) in [6.07, 6.45) is 2.30. The lowest BCUT2D eigenvalue weighted by Crippen LogP contribution is -2.22. The normalized spacial score (nSPS) is 15.2. The van der Waals surface area contributed by atoms with Crippen molar-refractivity contribution in [1.82, 2.24) is 4.98 Å². The third-order valence-electron chi connectivity index (χ3n) is 3.65. The van der Waals surface area contributed by atoms with Gasteiger partial charge in [0.25, 0.3) is 0 Å². The summed E-state index contributed by atoms with van der Waals surface area (Å²) < 4.78 is 0. The summed E-state index contributed by atoms with van der Waals surface area (Å²) in [5.41, 5.74) is 3.82. The highest BCUT2D eigenvalue weighted by molar-refractivity contribution is 7.15. The van der Waals surface area contributed by atoms with Crippen LogP contribution in [0.4, 0.5) is 5.13 Å². The summed E-state index contributed by atoms with van der Waals surface area (Å²) in [6.45, 7) is 4.02. The molecule has 4 heteroatoms. The Hall–Kier alpha value is -1.39. The molecule has 0 saturated carbocycles. The topological polar surface area (TPSA) is 36.4 Å². The second kappa shape index (κ2) is 5.31. The number of aliphatic hydroxyl groups excluding tert-OH is 1. The van der Waals surface area contributed by atoms with Gasteiger partial charge < -0.3 is 10.0 Å². The summed E-state index contributed by atoms with van der Waals surface area (Å²) in [5, 5.41) is 10.3. The van der Waals surface area contributed by atoms with Gasteiger partial charge in [-0.25, -0.2) is 4.98 Å². The van der Waals surface area contributed by atoms with Crippen LogP contribution in [0.5, 0.6) is 0 Å². The number of hydrogen-bond donors (Lipinski definition) is 1. The molecule has 0 saturated heterocycles. The van der Waals surface area contributed by atoms with E-state index in [0.717, 1.165) is 41.6 Å². The monoisotopic (exact) mass is 274 g/mol. The molecule has 0 atom stereocenters. The molecule has 0 amide bonds. The maximum Gasteiger partial charge on any atom is 0.186 e. The van der Waals surface area contributed by atoms with E-state index < -0.39 is 0 Å². The van der Waals surface area contributed by atoms with Crippen LogP contribution in [0.15, 0.2) is 24.3 Å². The van der Waals surface area contributed by atoms with Crippen LogP contribution in [0.2, 0.25) is 0 Å². The maximum atomic E-state index is 9.30. The van der Waals surface area contributed by atoms with E-state index >= 15 is 0 Å². The van der Waals surface area contributed by atoms with Gasteiger partial charge in [0.2, 0.25) is 0 Å². The van der Waals surface area contributed by atoms with Gasteiger partial charge >= 0.3 is 0 Å². The van der Waals surface area contributed by atoms with Crippen LogP contribution in [0.3, 0.4) is 0 Å². The SMILES string of the molecule is Cc1nc(N2CCCc3ccccc3C2)sc1CO. The quantitative estimate of drug-likeness (QED) is 0.915. The Labute approximate surface area is 117 Å². The van der Waals surface area contributed by atoms with Crippen LogP contribution in [0, 0.1) is 6.92 Å². The largest absolute Gasteiger partial charge is 0.391 e. The molecule has 19 heavy (non-hydrogen) atoms. The van der Waals surface area contributed by atoms with Gasteiger partial charge in [0, 0.05) is 13.1 Å². The molecule has 0 bridgehead atoms. The van der Waals surface area contributed by atoms with Crippen molar-refractivity contribution in [2.24, 2.45) is 0 Å². The van der Waals surface area contributed by atoms with E-state index in [1.54, 1.807) is 11.3 Å². The Morgan fingerprint density at radius 3 is 2.84 bits per heavy atom. The molecule has 1 aliphatic rings. The van der Waals surface area contributed by atoms with E-state index in [1.807, 2.05) is 6.92 Å². The minimum absolute atomic E-state index is 0.0912. The van der Waals surface area contributed by atoms with E-state index in [9.17, 15) is 5.11 Å². The van der Waals surface area contributed by atoms with Crippen LogP contribution >= 0.6 is 11.3 Å². The zero-order valence-corrected chi connectivity index (χ0v) is 11.9. The van der Waals surface area contributed by atoms with E-state index in [2.05, 4.69) is 34.1 Å². The molecular formula is C15H18N2OS. The molecule has 1 aromatic carbocycles. The Kier molecular flexibility index (Phi) is 3.53. The van der Waals surface area contributed by atoms with Crippen molar-refractivity contribution < 1.29 is 5.11 Å². The summed E-state index contributed by atoms with van der Waals surface area (Å²) in [7, 11) is 0. The van der Waals surface area contributed by atoms with Crippen LogP contribution in [-0.2, 0) is 19.6 Å². The number of fused-ring (bicyclic) bond motifs is 1. The molecule has 3 rings (SSSR count). The van der Waals surface area contributed by atoms with Gasteiger partial charge in [-0.3, -0.25) is 0 Å². The molecule has 3 nitrogen and oxygen atoms in total. The minimum atomic E-state index is 0.0912. The lowest BCUT2D eigenvalue weighted by molar-refractivity contribution is 0.284. The minimum Gasteiger partial charge on any atom is -0.391 e. The number of nitrogens with zero attached hydrogens (tertiary/aromatic N) is 2. The summed E-state index contributed by atoms with van der Waals surface area (Å²) >= 11 is 1.61. The van der Waals surface area contributed by atoms with Crippen LogP contribution in [-0.4, -0.2) is 16.6 Å². The molecule has 0 spiro atoms. The fourth-order valence-corrected chi connectivity index (χ4v) is 3.50. The molecule has 1 aromatic heterocycles. The highest BCUT2D eigenvalue weighted by atomic mass is 32.1. The predicted octanol–water partition coefficient (Wildman–Crippen LogP) is 2.90. The molecule has 2 heterocycles.